The van der Waals surface area contributed by atoms with E-state index in [1.165, 1.54) is 0 Å². The van der Waals surface area contributed by atoms with Crippen LogP contribution in [0.3, 0.4) is 0 Å². The van der Waals surface area contributed by atoms with Gasteiger partial charge in [0.05, 0.1) is 18.2 Å². The lowest BCUT2D eigenvalue weighted by Crippen LogP contribution is -2.18. The van der Waals surface area contributed by atoms with Crippen molar-refractivity contribution in [1.29, 1.82) is 0 Å². The third-order valence-electron chi connectivity index (χ3n) is 4.01. The first-order valence-electron chi connectivity index (χ1n) is 8.28. The molecule has 132 valence electrons. The van der Waals surface area contributed by atoms with Gasteiger partial charge in [0, 0.05) is 17.3 Å². The highest BCUT2D eigenvalue weighted by Crippen LogP contribution is 2.29. The van der Waals surface area contributed by atoms with E-state index in [1.807, 2.05) is 12.1 Å². The molecule has 1 atom stereocenters. The molecule has 1 fully saturated rings. The van der Waals surface area contributed by atoms with Crippen molar-refractivity contribution in [3.8, 4) is 5.75 Å². The van der Waals surface area contributed by atoms with Crippen molar-refractivity contribution in [2.24, 2.45) is 0 Å². The average Bonchev–Trinajstić information content (AvgIpc) is 3.10. The molecule has 3 rings (SSSR count). The fourth-order valence-corrected chi connectivity index (χ4v) is 2.87. The quantitative estimate of drug-likeness (QED) is 0.771. The summed E-state index contributed by atoms with van der Waals surface area (Å²) in [5.41, 5.74) is 7.78. The number of amides is 1. The number of halogens is 1. The van der Waals surface area contributed by atoms with Crippen LogP contribution in [0.25, 0.3) is 0 Å². The maximum atomic E-state index is 12.3. The van der Waals surface area contributed by atoms with Gasteiger partial charge in [-0.15, -0.1) is 0 Å². The number of carbonyl (C=O) groups is 1. The van der Waals surface area contributed by atoms with Crippen LogP contribution in [0, 0.1) is 0 Å². The Labute approximate surface area is 152 Å². The highest BCUT2D eigenvalue weighted by Gasteiger charge is 2.17. The molecule has 1 amide bonds. The molecular formula is C19H21ClN2O3. The minimum absolute atomic E-state index is 0.106. The first-order chi connectivity index (χ1) is 12.1. The van der Waals surface area contributed by atoms with Gasteiger partial charge in [-0.2, -0.15) is 0 Å². The predicted molar refractivity (Wildman–Crippen MR) is 99.1 cm³/mol. The van der Waals surface area contributed by atoms with Gasteiger partial charge in [-0.25, -0.2) is 0 Å². The molecule has 5 nitrogen and oxygen atoms in total. The first-order valence-corrected chi connectivity index (χ1v) is 8.66. The zero-order valence-electron chi connectivity index (χ0n) is 13.8. The highest BCUT2D eigenvalue weighted by atomic mass is 35.5. The molecule has 0 bridgehead atoms. The van der Waals surface area contributed by atoms with Crippen molar-refractivity contribution in [2.45, 2.75) is 25.4 Å². The summed E-state index contributed by atoms with van der Waals surface area (Å²) in [6, 6.07) is 12.4. The summed E-state index contributed by atoms with van der Waals surface area (Å²) < 4.78 is 11.4. The first kappa shape index (κ1) is 17.6. The predicted octanol–water partition coefficient (Wildman–Crippen LogP) is 3.66. The Morgan fingerprint density at radius 2 is 2.08 bits per heavy atom. The fourth-order valence-electron chi connectivity index (χ4n) is 2.70. The number of nitrogens with one attached hydrogen (secondary N) is 1. The van der Waals surface area contributed by atoms with Crippen LogP contribution < -0.4 is 15.8 Å². The number of hydrogen-bond acceptors (Lipinski definition) is 4. The molecule has 1 heterocycles. The maximum absolute atomic E-state index is 12.3. The van der Waals surface area contributed by atoms with Gasteiger partial charge in [0.1, 0.15) is 12.4 Å². The number of anilines is 2. The van der Waals surface area contributed by atoms with Crippen LogP contribution in [-0.2, 0) is 16.0 Å². The summed E-state index contributed by atoms with van der Waals surface area (Å²) >= 11 is 6.06. The van der Waals surface area contributed by atoms with Crippen molar-refractivity contribution in [3.05, 3.63) is 53.1 Å². The van der Waals surface area contributed by atoms with E-state index in [2.05, 4.69) is 5.32 Å². The molecule has 3 N–H and O–H groups in total. The molecule has 1 aliphatic heterocycles. The number of ether oxygens (including phenoxy) is 2. The zero-order chi connectivity index (χ0) is 17.6. The van der Waals surface area contributed by atoms with Gasteiger partial charge in [0.2, 0.25) is 5.91 Å². The SMILES string of the molecule is Nc1ccc(CC(=O)Nc2cc(Cl)ccc2OCC2CCCO2)cc1. The van der Waals surface area contributed by atoms with Gasteiger partial charge >= 0.3 is 0 Å². The molecule has 6 heteroatoms. The van der Waals surface area contributed by atoms with Crippen molar-refractivity contribution >= 4 is 28.9 Å². The third kappa shape index (κ3) is 5.11. The molecule has 1 aliphatic rings. The monoisotopic (exact) mass is 360 g/mol. The van der Waals surface area contributed by atoms with E-state index >= 15 is 0 Å². The van der Waals surface area contributed by atoms with Crippen LogP contribution in [0.1, 0.15) is 18.4 Å². The molecule has 25 heavy (non-hydrogen) atoms. The van der Waals surface area contributed by atoms with Crippen molar-refractivity contribution < 1.29 is 14.3 Å². The van der Waals surface area contributed by atoms with E-state index in [4.69, 9.17) is 26.8 Å². The molecule has 0 aliphatic carbocycles. The largest absolute Gasteiger partial charge is 0.489 e. The van der Waals surface area contributed by atoms with Crippen LogP contribution in [0.4, 0.5) is 11.4 Å². The van der Waals surface area contributed by atoms with E-state index in [1.54, 1.807) is 30.3 Å². The maximum Gasteiger partial charge on any atom is 0.228 e. The van der Waals surface area contributed by atoms with Gasteiger partial charge in [-0.3, -0.25) is 4.79 Å². The standard InChI is InChI=1S/C19H21ClN2O3/c20-14-5-8-18(25-12-16-2-1-9-24-16)17(11-14)22-19(23)10-13-3-6-15(21)7-4-13/h3-8,11,16H,1-2,9-10,12,21H2,(H,22,23). The van der Waals surface area contributed by atoms with Crippen LogP contribution in [-0.4, -0.2) is 25.2 Å². The van der Waals surface area contributed by atoms with Gasteiger partial charge < -0.3 is 20.5 Å². The Bertz CT molecular complexity index is 728. The van der Waals surface area contributed by atoms with Gasteiger partial charge in [-0.05, 0) is 48.7 Å². The Morgan fingerprint density at radius 3 is 2.80 bits per heavy atom. The smallest absolute Gasteiger partial charge is 0.228 e. The van der Waals surface area contributed by atoms with Crippen LogP contribution in [0.5, 0.6) is 5.75 Å². The number of nitrogen functional groups attached to an aromatic ring is 1. The van der Waals surface area contributed by atoms with Crippen molar-refractivity contribution in [3.63, 3.8) is 0 Å². The van der Waals surface area contributed by atoms with Crippen LogP contribution >= 0.6 is 11.6 Å². The number of nitrogens with two attached hydrogens (primary N) is 1. The second-order valence-electron chi connectivity index (χ2n) is 6.05. The molecule has 1 saturated heterocycles. The normalized spacial score (nSPS) is 16.6. The highest BCUT2D eigenvalue weighted by molar-refractivity contribution is 6.31. The van der Waals surface area contributed by atoms with Crippen LogP contribution in [0.15, 0.2) is 42.5 Å². The summed E-state index contributed by atoms with van der Waals surface area (Å²) in [6.45, 7) is 1.24. The van der Waals surface area contributed by atoms with E-state index in [0.29, 0.717) is 28.8 Å². The minimum Gasteiger partial charge on any atom is -0.489 e. The van der Waals surface area contributed by atoms with E-state index in [0.717, 1.165) is 25.0 Å². The molecule has 0 aromatic heterocycles. The summed E-state index contributed by atoms with van der Waals surface area (Å²) in [5, 5.41) is 3.40. The summed E-state index contributed by atoms with van der Waals surface area (Å²) in [5.74, 6) is 0.444. The Balaban J connectivity index is 1.64. The number of benzene rings is 2. The molecular weight excluding hydrogens is 340 g/mol. The van der Waals surface area contributed by atoms with Crippen molar-refractivity contribution in [2.75, 3.05) is 24.3 Å². The lowest BCUT2D eigenvalue weighted by molar-refractivity contribution is -0.115. The summed E-state index contributed by atoms with van der Waals surface area (Å²) in [6.07, 6.45) is 2.40. The molecule has 2 aromatic rings. The Morgan fingerprint density at radius 1 is 1.28 bits per heavy atom. The molecule has 1 unspecified atom stereocenters. The van der Waals surface area contributed by atoms with Gasteiger partial charge in [0.25, 0.3) is 0 Å². The number of carbonyl (C=O) groups excluding carboxylic acids is 1. The molecule has 0 radical (unpaired) electrons. The lowest BCUT2D eigenvalue weighted by Gasteiger charge is -2.15. The Kier molecular flexibility index (Phi) is 5.79. The molecule has 0 saturated carbocycles. The number of hydrogen-bond donors (Lipinski definition) is 2. The third-order valence-corrected chi connectivity index (χ3v) is 4.24. The summed E-state index contributed by atoms with van der Waals surface area (Å²) in [7, 11) is 0. The van der Waals surface area contributed by atoms with E-state index in [-0.39, 0.29) is 18.4 Å². The van der Waals surface area contributed by atoms with Crippen LogP contribution in [0.2, 0.25) is 5.02 Å². The topological polar surface area (TPSA) is 73.6 Å². The van der Waals surface area contributed by atoms with Gasteiger partial charge in [-0.1, -0.05) is 23.7 Å². The Hall–Kier alpha value is -2.24. The lowest BCUT2D eigenvalue weighted by atomic mass is 10.1. The van der Waals surface area contributed by atoms with Gasteiger partial charge in [0.15, 0.2) is 0 Å². The summed E-state index contributed by atoms with van der Waals surface area (Å²) in [4.78, 5) is 12.3. The second-order valence-corrected chi connectivity index (χ2v) is 6.49. The fraction of sp³-hybridized carbons (Fsp3) is 0.316. The molecule has 0 spiro atoms. The zero-order valence-corrected chi connectivity index (χ0v) is 14.6. The average molecular weight is 361 g/mol. The minimum atomic E-state index is -0.144. The molecule has 2 aromatic carbocycles. The van der Waals surface area contributed by atoms with Crippen molar-refractivity contribution in [1.82, 2.24) is 0 Å². The van der Waals surface area contributed by atoms with E-state index < -0.39 is 0 Å². The van der Waals surface area contributed by atoms with E-state index in [9.17, 15) is 4.79 Å². The number of rotatable bonds is 6. The second kappa shape index (κ2) is 8.23.